The third kappa shape index (κ3) is 5.05. The topological polar surface area (TPSA) is 122 Å². The standard InChI is InChI=1S/C20H19F3N6O3/c1-28(18(32)15-9-25-19(27-15)20(21,22)23)11-16(30)29-10-12(7-14(29)8-24)17(31)26-13-5-3-2-4-6-13/h2-6,9,12,14H,7,10-11H2,1H3,(H,25,27)(H,26,31). The van der Waals surface area contributed by atoms with E-state index in [4.69, 9.17) is 0 Å². The molecule has 0 radical (unpaired) electrons. The molecule has 0 bridgehead atoms. The lowest BCUT2D eigenvalue weighted by atomic mass is 10.1. The van der Waals surface area contributed by atoms with Gasteiger partial charge in [0.15, 0.2) is 0 Å². The van der Waals surface area contributed by atoms with Crippen LogP contribution in [0.15, 0.2) is 36.5 Å². The van der Waals surface area contributed by atoms with E-state index in [0.29, 0.717) is 5.69 Å². The van der Waals surface area contributed by atoms with Crippen molar-refractivity contribution in [2.45, 2.75) is 18.6 Å². The number of anilines is 1. The molecule has 168 valence electrons. The highest BCUT2D eigenvalue weighted by Gasteiger charge is 2.39. The highest BCUT2D eigenvalue weighted by Crippen LogP contribution is 2.27. The van der Waals surface area contributed by atoms with E-state index in [9.17, 15) is 32.8 Å². The summed E-state index contributed by atoms with van der Waals surface area (Å²) < 4.78 is 38.0. The molecular weight excluding hydrogens is 429 g/mol. The van der Waals surface area contributed by atoms with Crippen LogP contribution < -0.4 is 5.32 Å². The number of likely N-dealkylation sites (N-methyl/N-ethyl adjacent to an activating group) is 1. The molecule has 0 saturated carbocycles. The van der Waals surface area contributed by atoms with E-state index in [0.717, 1.165) is 11.1 Å². The minimum atomic E-state index is -4.74. The Kier molecular flexibility index (Phi) is 6.47. The Labute approximate surface area is 180 Å². The number of amides is 3. The number of imidazole rings is 1. The van der Waals surface area contributed by atoms with Gasteiger partial charge in [-0.1, -0.05) is 18.2 Å². The van der Waals surface area contributed by atoms with Crippen LogP contribution in [0.1, 0.15) is 22.7 Å². The number of hydrogen-bond acceptors (Lipinski definition) is 5. The minimum Gasteiger partial charge on any atom is -0.331 e. The molecule has 1 fully saturated rings. The summed E-state index contributed by atoms with van der Waals surface area (Å²) >= 11 is 0. The number of carbonyl (C=O) groups excluding carboxylic acids is 3. The summed E-state index contributed by atoms with van der Waals surface area (Å²) in [6, 6.07) is 9.83. The Balaban J connectivity index is 1.62. The van der Waals surface area contributed by atoms with E-state index >= 15 is 0 Å². The molecule has 1 aromatic carbocycles. The Morgan fingerprint density at radius 2 is 2.00 bits per heavy atom. The van der Waals surface area contributed by atoms with Crippen molar-refractivity contribution < 1.29 is 27.6 Å². The van der Waals surface area contributed by atoms with Gasteiger partial charge in [-0.25, -0.2) is 4.98 Å². The van der Waals surface area contributed by atoms with Crippen LogP contribution in [0.25, 0.3) is 0 Å². The number of alkyl halides is 3. The van der Waals surface area contributed by atoms with Gasteiger partial charge in [0.25, 0.3) is 5.91 Å². The fourth-order valence-electron chi connectivity index (χ4n) is 3.33. The number of nitriles is 1. The molecule has 3 rings (SSSR count). The largest absolute Gasteiger partial charge is 0.449 e. The van der Waals surface area contributed by atoms with Crippen molar-refractivity contribution in [3.05, 3.63) is 48.0 Å². The normalized spacial score (nSPS) is 18.2. The van der Waals surface area contributed by atoms with Crippen molar-refractivity contribution in [1.82, 2.24) is 19.8 Å². The van der Waals surface area contributed by atoms with Gasteiger partial charge in [-0.2, -0.15) is 18.4 Å². The number of benzene rings is 1. The van der Waals surface area contributed by atoms with Crippen molar-refractivity contribution in [2.75, 3.05) is 25.5 Å². The van der Waals surface area contributed by atoms with Crippen LogP contribution in [0, 0.1) is 17.2 Å². The second-order valence-corrected chi connectivity index (χ2v) is 7.28. The molecule has 2 atom stereocenters. The van der Waals surface area contributed by atoms with Crippen LogP contribution in [-0.2, 0) is 15.8 Å². The summed E-state index contributed by atoms with van der Waals surface area (Å²) in [6.45, 7) is -0.496. The summed E-state index contributed by atoms with van der Waals surface area (Å²) in [6.07, 6.45) is -3.87. The highest BCUT2D eigenvalue weighted by atomic mass is 19.4. The second-order valence-electron chi connectivity index (χ2n) is 7.28. The number of carbonyl (C=O) groups is 3. The van der Waals surface area contributed by atoms with Crippen LogP contribution in [-0.4, -0.2) is 63.7 Å². The van der Waals surface area contributed by atoms with Crippen LogP contribution in [0.3, 0.4) is 0 Å². The van der Waals surface area contributed by atoms with Gasteiger partial charge in [0.2, 0.25) is 17.6 Å². The minimum absolute atomic E-state index is 0.0139. The Bertz CT molecular complexity index is 1050. The summed E-state index contributed by atoms with van der Waals surface area (Å²) in [5, 5.41) is 12.1. The zero-order chi connectivity index (χ0) is 23.5. The number of H-pyrrole nitrogens is 1. The lowest BCUT2D eigenvalue weighted by Crippen LogP contribution is -2.43. The maximum absolute atomic E-state index is 12.7. The zero-order valence-corrected chi connectivity index (χ0v) is 16.9. The molecule has 12 heteroatoms. The summed E-state index contributed by atoms with van der Waals surface area (Å²) in [7, 11) is 1.24. The molecule has 3 amide bonds. The number of rotatable bonds is 5. The van der Waals surface area contributed by atoms with Gasteiger partial charge in [0.05, 0.1) is 24.7 Å². The molecule has 32 heavy (non-hydrogen) atoms. The average Bonchev–Trinajstić information content (AvgIpc) is 3.41. The molecule has 0 spiro atoms. The average molecular weight is 448 g/mol. The lowest BCUT2D eigenvalue weighted by molar-refractivity contribution is -0.144. The predicted molar refractivity (Wildman–Crippen MR) is 105 cm³/mol. The zero-order valence-electron chi connectivity index (χ0n) is 16.9. The first kappa shape index (κ1) is 22.8. The number of likely N-dealkylation sites (tertiary alicyclic amines) is 1. The van der Waals surface area contributed by atoms with Gasteiger partial charge >= 0.3 is 6.18 Å². The maximum atomic E-state index is 12.7. The SMILES string of the molecule is CN(CC(=O)N1CC(C(=O)Nc2ccccc2)CC1C#N)C(=O)c1cnc(C(F)(F)F)[nH]1. The van der Waals surface area contributed by atoms with E-state index in [1.54, 1.807) is 30.3 Å². The maximum Gasteiger partial charge on any atom is 0.449 e. The van der Waals surface area contributed by atoms with Crippen LogP contribution >= 0.6 is 0 Å². The Morgan fingerprint density at radius 3 is 2.59 bits per heavy atom. The van der Waals surface area contributed by atoms with Gasteiger partial charge < -0.3 is 20.1 Å². The van der Waals surface area contributed by atoms with Gasteiger partial charge in [0.1, 0.15) is 11.7 Å². The summed E-state index contributed by atoms with van der Waals surface area (Å²) in [4.78, 5) is 44.7. The van der Waals surface area contributed by atoms with E-state index in [1.807, 2.05) is 11.1 Å². The number of nitrogens with one attached hydrogen (secondary N) is 2. The molecule has 0 aliphatic carbocycles. The lowest BCUT2D eigenvalue weighted by Gasteiger charge is -2.23. The number of aromatic amines is 1. The third-order valence-electron chi connectivity index (χ3n) is 4.98. The van der Waals surface area contributed by atoms with Crippen molar-refractivity contribution in [3.8, 4) is 6.07 Å². The van der Waals surface area contributed by atoms with E-state index in [1.165, 1.54) is 11.9 Å². The third-order valence-corrected chi connectivity index (χ3v) is 4.98. The summed E-state index contributed by atoms with van der Waals surface area (Å²) in [5.41, 5.74) is 0.157. The van der Waals surface area contributed by atoms with Crippen molar-refractivity contribution in [1.29, 1.82) is 5.26 Å². The number of hydrogen-bond donors (Lipinski definition) is 2. The second kappa shape index (κ2) is 9.09. The van der Waals surface area contributed by atoms with Crippen molar-refractivity contribution in [3.63, 3.8) is 0 Å². The molecule has 2 N–H and O–H groups in total. The number of nitrogens with zero attached hydrogens (tertiary/aromatic N) is 4. The molecule has 2 aromatic rings. The molecule has 1 aromatic heterocycles. The van der Waals surface area contributed by atoms with E-state index in [-0.39, 0.29) is 18.9 Å². The Morgan fingerprint density at radius 1 is 1.31 bits per heavy atom. The van der Waals surface area contributed by atoms with Crippen molar-refractivity contribution >= 4 is 23.4 Å². The number of para-hydroxylation sites is 1. The first-order valence-electron chi connectivity index (χ1n) is 9.52. The fraction of sp³-hybridized carbons (Fsp3) is 0.350. The molecule has 9 nitrogen and oxygen atoms in total. The van der Waals surface area contributed by atoms with Gasteiger partial charge in [-0.3, -0.25) is 14.4 Å². The molecule has 1 saturated heterocycles. The molecular formula is C20H19F3N6O3. The summed E-state index contributed by atoms with van der Waals surface area (Å²) in [5.74, 6) is -3.75. The first-order valence-corrected chi connectivity index (χ1v) is 9.52. The first-order chi connectivity index (χ1) is 15.1. The van der Waals surface area contributed by atoms with Crippen LogP contribution in [0.2, 0.25) is 0 Å². The van der Waals surface area contributed by atoms with Crippen LogP contribution in [0.4, 0.5) is 18.9 Å². The monoisotopic (exact) mass is 448 g/mol. The molecule has 1 aliphatic rings. The van der Waals surface area contributed by atoms with Gasteiger partial charge in [-0.05, 0) is 18.6 Å². The quantitative estimate of drug-likeness (QED) is 0.723. The molecule has 1 aliphatic heterocycles. The van der Waals surface area contributed by atoms with E-state index in [2.05, 4.69) is 10.3 Å². The number of halogens is 3. The predicted octanol–water partition coefficient (Wildman–Crippen LogP) is 1.88. The molecule has 2 unspecified atom stereocenters. The van der Waals surface area contributed by atoms with Crippen LogP contribution in [0.5, 0.6) is 0 Å². The van der Waals surface area contributed by atoms with Crippen molar-refractivity contribution in [2.24, 2.45) is 5.92 Å². The highest BCUT2D eigenvalue weighted by molar-refractivity contribution is 5.96. The smallest absolute Gasteiger partial charge is 0.331 e. The fourth-order valence-corrected chi connectivity index (χ4v) is 3.33. The van der Waals surface area contributed by atoms with E-state index < -0.39 is 48.0 Å². The molecule has 2 heterocycles. The Hall–Kier alpha value is -3.88. The van der Waals surface area contributed by atoms with Gasteiger partial charge in [-0.15, -0.1) is 0 Å². The number of aromatic nitrogens is 2. The van der Waals surface area contributed by atoms with Gasteiger partial charge in [0, 0.05) is 19.3 Å².